The van der Waals surface area contributed by atoms with Crippen LogP contribution in [0.1, 0.15) is 26.5 Å². The maximum atomic E-state index is 12.6. The summed E-state index contributed by atoms with van der Waals surface area (Å²) in [5.74, 6) is 0.527. The molecule has 2 aromatic heterocycles. The number of nitrogens with two attached hydrogens (primary N) is 1. The molecule has 0 radical (unpaired) electrons. The lowest BCUT2D eigenvalue weighted by atomic mass is 10.1. The molecule has 3 atom stereocenters. The van der Waals surface area contributed by atoms with Crippen LogP contribution in [0.3, 0.4) is 0 Å². The van der Waals surface area contributed by atoms with E-state index in [9.17, 15) is 14.5 Å². The van der Waals surface area contributed by atoms with Crippen molar-refractivity contribution in [3.8, 4) is 12.3 Å². The minimum atomic E-state index is -3.55. The summed E-state index contributed by atoms with van der Waals surface area (Å²) in [5.41, 5.74) is 5.18. The van der Waals surface area contributed by atoms with Gasteiger partial charge in [0.25, 0.3) is 5.56 Å². The standard InChI is InChI=1S/C16H22N5O7P/c1-4-16(25-9-29(24,26-5-2)27-6-3)7-10(22)14(28-16)21-8-18-11-12(21)19-15(17)20-13(11)23/h1,8,10,14,22H,5-7,9H2,2-3H3,(H3,17,19,20,23). The van der Waals surface area contributed by atoms with Crippen molar-refractivity contribution < 1.29 is 28.2 Å². The summed E-state index contributed by atoms with van der Waals surface area (Å²) in [4.78, 5) is 22.3. The first kappa shape index (κ1) is 21.4. The van der Waals surface area contributed by atoms with E-state index in [0.717, 1.165) is 0 Å². The molecule has 1 aliphatic heterocycles. The summed E-state index contributed by atoms with van der Waals surface area (Å²) in [6.45, 7) is 3.63. The number of anilines is 1. The number of nitrogen functional groups attached to an aromatic ring is 1. The van der Waals surface area contributed by atoms with Crippen LogP contribution in [0.25, 0.3) is 11.2 Å². The summed E-state index contributed by atoms with van der Waals surface area (Å²) in [6.07, 6.45) is 4.06. The van der Waals surface area contributed by atoms with Gasteiger partial charge in [0, 0.05) is 6.42 Å². The predicted molar refractivity (Wildman–Crippen MR) is 102 cm³/mol. The highest BCUT2D eigenvalue weighted by Crippen LogP contribution is 2.50. The number of ether oxygens (including phenoxy) is 2. The van der Waals surface area contributed by atoms with E-state index in [0.29, 0.717) is 0 Å². The van der Waals surface area contributed by atoms with E-state index in [1.165, 1.54) is 10.9 Å². The topological polar surface area (TPSA) is 164 Å². The third kappa shape index (κ3) is 4.20. The Hall–Kier alpha value is -2.26. The number of rotatable bonds is 8. The van der Waals surface area contributed by atoms with Crippen molar-refractivity contribution in [2.75, 3.05) is 25.3 Å². The average Bonchev–Trinajstić information content (AvgIpc) is 3.22. The van der Waals surface area contributed by atoms with E-state index < -0.39 is 37.6 Å². The molecular formula is C16H22N5O7P. The lowest BCUT2D eigenvalue weighted by Gasteiger charge is -2.26. The number of fused-ring (bicyclic) bond motifs is 1. The second kappa shape index (κ2) is 8.23. The number of terminal acetylenes is 1. The molecule has 29 heavy (non-hydrogen) atoms. The molecule has 12 nitrogen and oxygen atoms in total. The molecule has 0 amide bonds. The van der Waals surface area contributed by atoms with Gasteiger partial charge in [-0.3, -0.25) is 18.9 Å². The molecule has 13 heteroatoms. The number of aromatic amines is 1. The quantitative estimate of drug-likeness (QED) is 0.400. The third-order valence-electron chi connectivity index (χ3n) is 4.17. The number of imidazole rings is 1. The highest BCUT2D eigenvalue weighted by molar-refractivity contribution is 7.53. The molecule has 1 aliphatic rings. The molecule has 0 spiro atoms. The van der Waals surface area contributed by atoms with E-state index in [2.05, 4.69) is 20.9 Å². The SMILES string of the molecule is C#CC1(OCP(=O)(OCC)OCC)CC(O)C(n2cnc3c(=O)[nH]c(N)nc32)O1. The van der Waals surface area contributed by atoms with E-state index in [-0.39, 0.29) is 36.7 Å². The molecule has 1 saturated heterocycles. The fraction of sp³-hybridized carbons (Fsp3) is 0.562. The number of aliphatic hydroxyl groups is 1. The maximum absolute atomic E-state index is 12.6. The van der Waals surface area contributed by atoms with Crippen molar-refractivity contribution in [2.45, 2.75) is 38.4 Å². The Morgan fingerprint density at radius 3 is 2.83 bits per heavy atom. The normalized spacial score (nSPS) is 24.8. The first-order valence-electron chi connectivity index (χ1n) is 8.84. The van der Waals surface area contributed by atoms with Crippen molar-refractivity contribution in [1.29, 1.82) is 0 Å². The molecule has 2 aromatic rings. The van der Waals surface area contributed by atoms with Crippen LogP contribution in [0.15, 0.2) is 11.1 Å². The molecule has 0 saturated carbocycles. The molecule has 3 unspecified atom stereocenters. The highest BCUT2D eigenvalue weighted by Gasteiger charge is 2.49. The minimum Gasteiger partial charge on any atom is -0.388 e. The van der Waals surface area contributed by atoms with Crippen LogP contribution in [0.5, 0.6) is 0 Å². The molecule has 158 valence electrons. The Kier molecular flexibility index (Phi) is 6.09. The molecule has 1 fully saturated rings. The Morgan fingerprint density at radius 1 is 1.52 bits per heavy atom. The number of aromatic nitrogens is 4. The second-order valence-corrected chi connectivity index (χ2v) is 8.17. The van der Waals surface area contributed by atoms with Crippen molar-refractivity contribution in [1.82, 2.24) is 19.5 Å². The van der Waals surface area contributed by atoms with Crippen LogP contribution in [0, 0.1) is 12.3 Å². The molecular weight excluding hydrogens is 405 g/mol. The number of nitrogens with zero attached hydrogens (tertiary/aromatic N) is 3. The first-order valence-corrected chi connectivity index (χ1v) is 10.6. The first-order chi connectivity index (χ1) is 13.8. The molecule has 3 rings (SSSR count). The van der Waals surface area contributed by atoms with E-state index in [1.54, 1.807) is 13.8 Å². The zero-order chi connectivity index (χ0) is 21.2. The van der Waals surface area contributed by atoms with Gasteiger partial charge < -0.3 is 29.4 Å². The largest absolute Gasteiger partial charge is 0.388 e. The zero-order valence-electron chi connectivity index (χ0n) is 15.9. The fourth-order valence-corrected chi connectivity index (χ4v) is 4.36. The van der Waals surface area contributed by atoms with Gasteiger partial charge in [-0.1, -0.05) is 0 Å². The van der Waals surface area contributed by atoms with Crippen LogP contribution in [0.4, 0.5) is 5.95 Å². The van der Waals surface area contributed by atoms with E-state index >= 15 is 0 Å². The number of aliphatic hydroxyl groups excluding tert-OH is 1. The zero-order valence-corrected chi connectivity index (χ0v) is 16.8. The minimum absolute atomic E-state index is 0.0197. The van der Waals surface area contributed by atoms with Gasteiger partial charge in [0.15, 0.2) is 23.7 Å². The van der Waals surface area contributed by atoms with Crippen LogP contribution >= 0.6 is 7.60 Å². The van der Waals surface area contributed by atoms with Gasteiger partial charge in [0.1, 0.15) is 6.10 Å². The van der Waals surface area contributed by atoms with Crippen molar-refractivity contribution >= 4 is 24.7 Å². The summed E-state index contributed by atoms with van der Waals surface area (Å²) >= 11 is 0. The molecule has 4 N–H and O–H groups in total. The summed E-state index contributed by atoms with van der Waals surface area (Å²) in [7, 11) is -3.55. The second-order valence-electron chi connectivity index (χ2n) is 6.17. The van der Waals surface area contributed by atoms with Gasteiger partial charge in [0.05, 0.1) is 19.5 Å². The van der Waals surface area contributed by atoms with E-state index in [4.69, 9.17) is 30.7 Å². The van der Waals surface area contributed by atoms with Crippen LogP contribution in [-0.4, -0.2) is 56.1 Å². The monoisotopic (exact) mass is 427 g/mol. The lowest BCUT2D eigenvalue weighted by Crippen LogP contribution is -2.31. The smallest absolute Gasteiger partial charge is 0.356 e. The molecule has 0 aromatic carbocycles. The van der Waals surface area contributed by atoms with Gasteiger partial charge >= 0.3 is 7.60 Å². The van der Waals surface area contributed by atoms with Gasteiger partial charge in [-0.2, -0.15) is 4.98 Å². The summed E-state index contributed by atoms with van der Waals surface area (Å²) in [6, 6.07) is 0. The third-order valence-corrected chi connectivity index (χ3v) is 5.92. The van der Waals surface area contributed by atoms with Crippen molar-refractivity contribution in [3.63, 3.8) is 0 Å². The Labute approximate surface area is 165 Å². The van der Waals surface area contributed by atoms with Crippen LogP contribution in [0.2, 0.25) is 0 Å². The Balaban J connectivity index is 1.86. The number of nitrogens with one attached hydrogen (secondary N) is 1. The molecule has 3 heterocycles. The Morgan fingerprint density at radius 2 is 2.21 bits per heavy atom. The highest BCUT2D eigenvalue weighted by atomic mass is 31.2. The summed E-state index contributed by atoms with van der Waals surface area (Å²) < 4.78 is 35.7. The predicted octanol–water partition coefficient (Wildman–Crippen LogP) is 0.551. The summed E-state index contributed by atoms with van der Waals surface area (Å²) in [5, 5.41) is 10.5. The number of hydrogen-bond acceptors (Lipinski definition) is 10. The number of H-pyrrole nitrogens is 1. The number of hydrogen-bond donors (Lipinski definition) is 3. The van der Waals surface area contributed by atoms with Gasteiger partial charge in [-0.25, -0.2) is 4.98 Å². The molecule has 0 aliphatic carbocycles. The van der Waals surface area contributed by atoms with Crippen molar-refractivity contribution in [2.24, 2.45) is 0 Å². The van der Waals surface area contributed by atoms with Crippen LogP contribution < -0.4 is 11.3 Å². The van der Waals surface area contributed by atoms with Gasteiger partial charge in [0.2, 0.25) is 11.7 Å². The lowest BCUT2D eigenvalue weighted by molar-refractivity contribution is -0.194. The molecule has 0 bridgehead atoms. The average molecular weight is 427 g/mol. The van der Waals surface area contributed by atoms with Crippen molar-refractivity contribution in [3.05, 3.63) is 16.7 Å². The van der Waals surface area contributed by atoms with Crippen LogP contribution in [-0.2, 0) is 23.1 Å². The maximum Gasteiger partial charge on any atom is 0.356 e. The van der Waals surface area contributed by atoms with Gasteiger partial charge in [-0.05, 0) is 19.8 Å². The van der Waals surface area contributed by atoms with E-state index in [1.807, 2.05) is 0 Å². The van der Waals surface area contributed by atoms with Gasteiger partial charge in [-0.15, -0.1) is 6.42 Å². The fourth-order valence-electron chi connectivity index (χ4n) is 2.99. The Bertz CT molecular complexity index is 1020.